The van der Waals surface area contributed by atoms with Gasteiger partial charge in [0.15, 0.2) is 5.78 Å². The van der Waals surface area contributed by atoms with E-state index in [0.717, 1.165) is 5.69 Å². The third kappa shape index (κ3) is 3.53. The molecule has 5 nitrogen and oxygen atoms in total. The summed E-state index contributed by atoms with van der Waals surface area (Å²) >= 11 is 0. The standard InChI is InChI=1S/C16H26N2O3/c1-9-12(14(19)10(2)17-16(4,5)6)11(3)18(7)13(9)15(20)21-8/h10,17H,1-8H3. The minimum absolute atomic E-state index is 0.00863. The average Bonchev–Trinajstić information content (AvgIpc) is 2.57. The van der Waals surface area contributed by atoms with Gasteiger partial charge >= 0.3 is 5.97 Å². The molecule has 0 fully saturated rings. The highest BCUT2D eigenvalue weighted by Crippen LogP contribution is 2.23. The summed E-state index contributed by atoms with van der Waals surface area (Å²) in [6.07, 6.45) is 0. The Balaban J connectivity index is 3.26. The first-order chi connectivity index (χ1) is 9.51. The van der Waals surface area contributed by atoms with E-state index in [1.807, 2.05) is 34.6 Å². The second-order valence-corrected chi connectivity index (χ2v) is 6.46. The molecule has 1 heterocycles. The predicted octanol–water partition coefficient (Wildman–Crippen LogP) is 2.39. The van der Waals surface area contributed by atoms with Crippen LogP contribution < -0.4 is 5.32 Å². The molecule has 0 radical (unpaired) electrons. The number of nitrogens with one attached hydrogen (secondary N) is 1. The number of ether oxygens (including phenoxy) is 1. The van der Waals surface area contributed by atoms with Crippen molar-refractivity contribution in [2.24, 2.45) is 7.05 Å². The summed E-state index contributed by atoms with van der Waals surface area (Å²) in [6, 6.07) is -0.324. The van der Waals surface area contributed by atoms with Gasteiger partial charge in [0.05, 0.1) is 13.2 Å². The lowest BCUT2D eigenvalue weighted by Crippen LogP contribution is -2.46. The zero-order chi connectivity index (χ0) is 16.5. The molecular weight excluding hydrogens is 268 g/mol. The number of carbonyl (C=O) groups excluding carboxylic acids is 2. The van der Waals surface area contributed by atoms with Crippen molar-refractivity contribution in [3.8, 4) is 0 Å². The van der Waals surface area contributed by atoms with Crippen molar-refractivity contribution in [3.05, 3.63) is 22.5 Å². The van der Waals surface area contributed by atoms with E-state index in [1.165, 1.54) is 7.11 Å². The van der Waals surface area contributed by atoms with Crippen LogP contribution in [-0.2, 0) is 11.8 Å². The molecule has 0 bridgehead atoms. The number of ketones is 1. The Morgan fingerprint density at radius 3 is 2.19 bits per heavy atom. The van der Waals surface area contributed by atoms with E-state index >= 15 is 0 Å². The molecule has 1 aromatic heterocycles. The van der Waals surface area contributed by atoms with Gasteiger partial charge in [0.2, 0.25) is 0 Å². The van der Waals surface area contributed by atoms with Gasteiger partial charge in [-0.3, -0.25) is 4.79 Å². The van der Waals surface area contributed by atoms with Crippen LogP contribution in [0.4, 0.5) is 0 Å². The van der Waals surface area contributed by atoms with Crippen molar-refractivity contribution in [2.75, 3.05) is 7.11 Å². The van der Waals surface area contributed by atoms with Crippen molar-refractivity contribution < 1.29 is 14.3 Å². The maximum atomic E-state index is 12.7. The fourth-order valence-corrected chi connectivity index (χ4v) is 2.66. The zero-order valence-corrected chi connectivity index (χ0v) is 14.2. The Morgan fingerprint density at radius 2 is 1.76 bits per heavy atom. The van der Waals surface area contributed by atoms with Crippen molar-refractivity contribution in [1.29, 1.82) is 0 Å². The first-order valence-corrected chi connectivity index (χ1v) is 7.07. The number of hydrogen-bond acceptors (Lipinski definition) is 4. The topological polar surface area (TPSA) is 60.3 Å². The van der Waals surface area contributed by atoms with Gasteiger partial charge in [-0.05, 0) is 47.1 Å². The second-order valence-electron chi connectivity index (χ2n) is 6.46. The monoisotopic (exact) mass is 294 g/mol. The summed E-state index contributed by atoms with van der Waals surface area (Å²) in [4.78, 5) is 24.6. The van der Waals surface area contributed by atoms with Crippen LogP contribution in [0.5, 0.6) is 0 Å². The molecule has 0 aliphatic carbocycles. The quantitative estimate of drug-likeness (QED) is 0.684. The average molecular weight is 294 g/mol. The van der Waals surface area contributed by atoms with Crippen LogP contribution in [0, 0.1) is 13.8 Å². The number of nitrogens with zero attached hydrogens (tertiary/aromatic N) is 1. The largest absolute Gasteiger partial charge is 0.464 e. The summed E-state index contributed by atoms with van der Waals surface area (Å²) in [5.74, 6) is -0.431. The molecule has 1 rings (SSSR count). The maximum Gasteiger partial charge on any atom is 0.354 e. The summed E-state index contributed by atoms with van der Waals surface area (Å²) in [6.45, 7) is 11.5. The number of rotatable bonds is 4. The van der Waals surface area contributed by atoms with E-state index < -0.39 is 5.97 Å². The van der Waals surface area contributed by atoms with E-state index in [2.05, 4.69) is 5.32 Å². The van der Waals surface area contributed by atoms with Gasteiger partial charge in [0, 0.05) is 23.8 Å². The highest BCUT2D eigenvalue weighted by molar-refractivity contribution is 6.05. The number of esters is 1. The van der Waals surface area contributed by atoms with E-state index in [1.54, 1.807) is 18.5 Å². The molecule has 0 aliphatic heterocycles. The van der Waals surface area contributed by atoms with Crippen molar-refractivity contribution >= 4 is 11.8 Å². The van der Waals surface area contributed by atoms with Gasteiger partial charge in [0.1, 0.15) is 5.69 Å². The van der Waals surface area contributed by atoms with Crippen LogP contribution in [0.25, 0.3) is 0 Å². The molecule has 0 saturated heterocycles. The molecule has 21 heavy (non-hydrogen) atoms. The van der Waals surface area contributed by atoms with E-state index in [9.17, 15) is 9.59 Å². The van der Waals surface area contributed by atoms with Crippen LogP contribution in [-0.4, -0.2) is 35.0 Å². The molecule has 1 N–H and O–H groups in total. The molecule has 0 aromatic carbocycles. The molecule has 1 aromatic rings. The zero-order valence-electron chi connectivity index (χ0n) is 14.2. The third-order valence-corrected chi connectivity index (χ3v) is 3.60. The summed E-state index contributed by atoms with van der Waals surface area (Å²) in [5.41, 5.74) is 2.33. The normalized spacial score (nSPS) is 13.1. The van der Waals surface area contributed by atoms with Gasteiger partial charge < -0.3 is 14.6 Å². The molecule has 5 heteroatoms. The van der Waals surface area contributed by atoms with Crippen LogP contribution in [0.3, 0.4) is 0 Å². The first-order valence-electron chi connectivity index (χ1n) is 7.07. The number of methoxy groups -OCH3 is 1. The highest BCUT2D eigenvalue weighted by atomic mass is 16.5. The third-order valence-electron chi connectivity index (χ3n) is 3.60. The number of carbonyl (C=O) groups is 2. The van der Waals surface area contributed by atoms with Crippen molar-refractivity contribution in [1.82, 2.24) is 9.88 Å². The molecule has 0 amide bonds. The Labute approximate surface area is 126 Å². The minimum Gasteiger partial charge on any atom is -0.464 e. The van der Waals surface area contributed by atoms with Crippen molar-refractivity contribution in [3.63, 3.8) is 0 Å². The Bertz CT molecular complexity index is 565. The highest BCUT2D eigenvalue weighted by Gasteiger charge is 2.29. The van der Waals surface area contributed by atoms with Crippen molar-refractivity contribution in [2.45, 2.75) is 53.1 Å². The predicted molar refractivity (Wildman–Crippen MR) is 82.9 cm³/mol. The number of hydrogen-bond donors (Lipinski definition) is 1. The molecular formula is C16H26N2O3. The fraction of sp³-hybridized carbons (Fsp3) is 0.625. The maximum absolute atomic E-state index is 12.7. The van der Waals surface area contributed by atoms with E-state index in [-0.39, 0.29) is 17.4 Å². The molecule has 0 aliphatic rings. The SMILES string of the molecule is COC(=O)c1c(C)c(C(=O)C(C)NC(C)(C)C)c(C)n1C. The lowest BCUT2D eigenvalue weighted by Gasteiger charge is -2.25. The molecule has 1 unspecified atom stereocenters. The number of Topliss-reactive ketones (excluding diaryl/α,β-unsaturated/α-hetero) is 1. The fourth-order valence-electron chi connectivity index (χ4n) is 2.66. The van der Waals surface area contributed by atoms with Crippen LogP contribution >= 0.6 is 0 Å². The minimum atomic E-state index is -0.423. The molecule has 0 spiro atoms. The summed E-state index contributed by atoms with van der Waals surface area (Å²) < 4.78 is 6.52. The first kappa shape index (κ1) is 17.4. The van der Waals surface area contributed by atoms with Gasteiger partial charge in [0.25, 0.3) is 0 Å². The van der Waals surface area contributed by atoms with Gasteiger partial charge in [-0.15, -0.1) is 0 Å². The second kappa shape index (κ2) is 6.02. The van der Waals surface area contributed by atoms with Gasteiger partial charge in [-0.2, -0.15) is 0 Å². The van der Waals surface area contributed by atoms with E-state index in [4.69, 9.17) is 4.74 Å². The molecule has 1 atom stereocenters. The molecule has 0 saturated carbocycles. The van der Waals surface area contributed by atoms with Crippen LogP contribution in [0.1, 0.15) is 59.8 Å². The Hall–Kier alpha value is -1.62. The van der Waals surface area contributed by atoms with Gasteiger partial charge in [-0.1, -0.05) is 0 Å². The van der Waals surface area contributed by atoms with Crippen LogP contribution in [0.15, 0.2) is 0 Å². The number of aromatic nitrogens is 1. The van der Waals surface area contributed by atoms with Crippen LogP contribution in [0.2, 0.25) is 0 Å². The van der Waals surface area contributed by atoms with Gasteiger partial charge in [-0.25, -0.2) is 4.79 Å². The van der Waals surface area contributed by atoms with E-state index in [0.29, 0.717) is 16.8 Å². The Morgan fingerprint density at radius 1 is 1.24 bits per heavy atom. The summed E-state index contributed by atoms with van der Waals surface area (Å²) in [7, 11) is 3.11. The lowest BCUT2D eigenvalue weighted by atomic mass is 9.98. The lowest BCUT2D eigenvalue weighted by molar-refractivity contribution is 0.0588. The Kier molecular flexibility index (Phi) is 4.99. The molecule has 118 valence electrons. The smallest absolute Gasteiger partial charge is 0.354 e. The summed E-state index contributed by atoms with van der Waals surface area (Å²) in [5, 5.41) is 3.27.